The van der Waals surface area contributed by atoms with Crippen LogP contribution in [-0.2, 0) is 0 Å². The third-order valence-corrected chi connectivity index (χ3v) is 18.2. The van der Waals surface area contributed by atoms with Gasteiger partial charge in [-0.15, -0.1) is 0 Å². The third kappa shape index (κ3) is 15.2. The zero-order chi connectivity index (χ0) is 25.7. The summed E-state index contributed by atoms with van der Waals surface area (Å²) in [6, 6.07) is 0. The quantitative estimate of drug-likeness (QED) is 0.0765. The topological polar surface area (TPSA) is 0 Å². The van der Waals surface area contributed by atoms with Gasteiger partial charge in [0, 0.05) is 0 Å². The van der Waals surface area contributed by atoms with E-state index in [1.165, 1.54) is 122 Å². The van der Waals surface area contributed by atoms with Gasteiger partial charge in [-0.3, -0.25) is 0 Å². The van der Waals surface area contributed by atoms with Gasteiger partial charge in [0.2, 0.25) is 0 Å². The molecule has 0 bridgehead atoms. The van der Waals surface area contributed by atoms with Gasteiger partial charge in [-0.2, -0.15) is 0 Å². The van der Waals surface area contributed by atoms with Crippen LogP contribution in [0, 0.1) is 17.8 Å². The summed E-state index contributed by atoms with van der Waals surface area (Å²) in [5.74, 6) is 2.80. The Balaban J connectivity index is 5.98. The first kappa shape index (κ1) is 34.9. The number of hydrogen-bond donors (Lipinski definition) is 0. The van der Waals surface area contributed by atoms with Gasteiger partial charge in [0.1, 0.15) is 0 Å². The van der Waals surface area contributed by atoms with Crippen molar-refractivity contribution in [3.05, 3.63) is 0 Å². The van der Waals surface area contributed by atoms with Crippen molar-refractivity contribution >= 4 is 20.8 Å². The van der Waals surface area contributed by atoms with Gasteiger partial charge in [-0.05, 0) is 0 Å². The molecule has 3 atom stereocenters. The van der Waals surface area contributed by atoms with E-state index in [1.807, 2.05) is 0 Å². The van der Waals surface area contributed by atoms with Gasteiger partial charge < -0.3 is 0 Å². The number of hydrogen-bond acceptors (Lipinski definition) is 0. The van der Waals surface area contributed by atoms with Crippen LogP contribution in [0.4, 0.5) is 0 Å². The van der Waals surface area contributed by atoms with E-state index in [2.05, 4.69) is 48.5 Å². The molecule has 0 aliphatic heterocycles. The zero-order valence-corrected chi connectivity index (χ0v) is 27.6. The molecule has 0 saturated heterocycles. The minimum absolute atomic E-state index is 0.935. The van der Waals surface area contributed by atoms with Crippen LogP contribution < -0.4 is 0 Å². The SMILES string of the molecule is CCCCCCCCP(Br)(CC(CC)CCCC)(CC(CC)CCCC)CC(CC)CCCC. The fourth-order valence-corrected chi connectivity index (χ4v) is 18.1. The van der Waals surface area contributed by atoms with Crippen LogP contribution in [0.3, 0.4) is 0 Å². The molecule has 0 fully saturated rings. The summed E-state index contributed by atoms with van der Waals surface area (Å²) < 4.78 is 0. The van der Waals surface area contributed by atoms with Crippen LogP contribution in [0.2, 0.25) is 0 Å². The standard InChI is InChI=1S/C32H68BrP/c1-8-15-19-20-21-22-26-34(33,27-30(12-5)23-16-9-2,28-31(13-6)24-17-10-3)29-32(14-7)25-18-11-4/h30-32H,8-29H2,1-7H3. The Morgan fingerprint density at radius 1 is 0.441 bits per heavy atom. The fraction of sp³-hybridized carbons (Fsp3) is 1.00. The van der Waals surface area contributed by atoms with Crippen LogP contribution in [0.15, 0.2) is 0 Å². The summed E-state index contributed by atoms with van der Waals surface area (Å²) >= 11 is 4.91. The van der Waals surface area contributed by atoms with E-state index in [0.717, 1.165) is 17.8 Å². The molecule has 0 radical (unpaired) electrons. The Hall–Kier alpha value is 0.910. The Bertz CT molecular complexity index is 400. The van der Waals surface area contributed by atoms with Crippen LogP contribution in [0.1, 0.15) is 164 Å². The van der Waals surface area contributed by atoms with E-state index in [4.69, 9.17) is 15.5 Å². The van der Waals surface area contributed by atoms with Crippen molar-refractivity contribution in [2.45, 2.75) is 164 Å². The van der Waals surface area contributed by atoms with Crippen LogP contribution >= 0.6 is 20.8 Å². The predicted molar refractivity (Wildman–Crippen MR) is 169 cm³/mol. The second-order valence-corrected chi connectivity index (χ2v) is 23.3. The zero-order valence-electron chi connectivity index (χ0n) is 25.1. The molecule has 0 rings (SSSR count). The summed E-state index contributed by atoms with van der Waals surface area (Å²) in [5, 5.41) is -1.96. The molecule has 0 nitrogen and oxygen atoms in total. The van der Waals surface area contributed by atoms with E-state index in [1.54, 1.807) is 18.5 Å². The molecule has 0 saturated carbocycles. The first-order valence-corrected chi connectivity index (χ1v) is 21.1. The summed E-state index contributed by atoms with van der Waals surface area (Å²) in [7, 11) is 0. The summed E-state index contributed by atoms with van der Waals surface area (Å²) in [5.41, 5.74) is 0. The van der Waals surface area contributed by atoms with Gasteiger partial charge in [0.05, 0.1) is 0 Å². The Morgan fingerprint density at radius 3 is 1.09 bits per heavy atom. The molecule has 34 heavy (non-hydrogen) atoms. The third-order valence-electron chi connectivity index (χ3n) is 8.84. The van der Waals surface area contributed by atoms with Gasteiger partial charge in [-0.25, -0.2) is 0 Å². The Kier molecular flexibility index (Phi) is 21.5. The predicted octanol–water partition coefficient (Wildman–Crippen LogP) is 12.9. The van der Waals surface area contributed by atoms with Crippen molar-refractivity contribution in [3.63, 3.8) is 0 Å². The van der Waals surface area contributed by atoms with Crippen molar-refractivity contribution in [2.24, 2.45) is 17.8 Å². The van der Waals surface area contributed by atoms with Crippen molar-refractivity contribution in [1.82, 2.24) is 0 Å². The monoisotopic (exact) mass is 562 g/mol. The van der Waals surface area contributed by atoms with E-state index in [0.29, 0.717) is 0 Å². The van der Waals surface area contributed by atoms with Gasteiger partial charge in [0.15, 0.2) is 0 Å². The molecule has 0 aromatic carbocycles. The fourth-order valence-electron chi connectivity index (χ4n) is 6.47. The van der Waals surface area contributed by atoms with Crippen molar-refractivity contribution in [1.29, 1.82) is 0 Å². The van der Waals surface area contributed by atoms with Crippen molar-refractivity contribution in [3.8, 4) is 0 Å². The first-order valence-electron chi connectivity index (χ1n) is 16.1. The Labute approximate surface area is 226 Å². The van der Waals surface area contributed by atoms with Crippen LogP contribution in [0.5, 0.6) is 0 Å². The molecule has 208 valence electrons. The molecule has 0 heterocycles. The first-order chi connectivity index (χ1) is 16.3. The number of halogens is 1. The summed E-state index contributed by atoms with van der Waals surface area (Å²) in [6.45, 7) is 17.0. The van der Waals surface area contributed by atoms with Crippen LogP contribution in [-0.4, -0.2) is 24.6 Å². The molecule has 3 unspecified atom stereocenters. The number of rotatable bonds is 25. The molecule has 0 amide bonds. The van der Waals surface area contributed by atoms with Gasteiger partial charge in [-0.1, -0.05) is 0 Å². The maximum absolute atomic E-state index is 4.91. The summed E-state index contributed by atoms with van der Waals surface area (Å²) in [4.78, 5) is 0. The van der Waals surface area contributed by atoms with Gasteiger partial charge in [0.25, 0.3) is 0 Å². The van der Waals surface area contributed by atoms with E-state index < -0.39 is 5.31 Å². The van der Waals surface area contributed by atoms with E-state index >= 15 is 0 Å². The molecule has 0 aromatic heterocycles. The molecular formula is C32H68BrP. The average Bonchev–Trinajstić information content (AvgIpc) is 2.84. The maximum atomic E-state index is 4.91. The minimum atomic E-state index is -1.96. The average molecular weight is 564 g/mol. The molecule has 0 N–H and O–H groups in total. The second kappa shape index (κ2) is 20.9. The van der Waals surface area contributed by atoms with Gasteiger partial charge >= 0.3 is 227 Å². The van der Waals surface area contributed by atoms with E-state index in [9.17, 15) is 0 Å². The number of unbranched alkanes of at least 4 members (excludes halogenated alkanes) is 8. The summed E-state index contributed by atoms with van der Waals surface area (Å²) in [6.07, 6.45) is 31.7. The Morgan fingerprint density at radius 2 is 0.765 bits per heavy atom. The van der Waals surface area contributed by atoms with E-state index in [-0.39, 0.29) is 0 Å². The van der Waals surface area contributed by atoms with Crippen LogP contribution in [0.25, 0.3) is 0 Å². The molecule has 0 aromatic rings. The molecular weight excluding hydrogens is 495 g/mol. The van der Waals surface area contributed by atoms with Crippen molar-refractivity contribution in [2.75, 3.05) is 24.6 Å². The molecule has 2 heteroatoms. The molecule has 0 spiro atoms. The molecule has 0 aliphatic rings. The molecule has 0 aliphatic carbocycles. The van der Waals surface area contributed by atoms with Crippen molar-refractivity contribution < 1.29 is 0 Å². The normalized spacial score (nSPS) is 16.2. The second-order valence-electron chi connectivity index (χ2n) is 12.1.